The molecule has 98 valence electrons. The first kappa shape index (κ1) is 13.1. The van der Waals surface area contributed by atoms with E-state index in [-0.39, 0.29) is 11.9 Å². The number of benzene rings is 1. The van der Waals surface area contributed by atoms with Crippen LogP contribution in [0.15, 0.2) is 30.3 Å². The number of hydrogen-bond donors (Lipinski definition) is 2. The van der Waals surface area contributed by atoms with Crippen molar-refractivity contribution in [2.45, 2.75) is 18.9 Å². The molecule has 0 spiro atoms. The van der Waals surface area contributed by atoms with Crippen LogP contribution in [0.3, 0.4) is 0 Å². The van der Waals surface area contributed by atoms with E-state index in [0.717, 1.165) is 25.2 Å². The minimum Gasteiger partial charge on any atom is -0.388 e. The van der Waals surface area contributed by atoms with Crippen molar-refractivity contribution >= 4 is 5.84 Å². The molecule has 0 aromatic heterocycles. The molecule has 4 nitrogen and oxygen atoms in total. The molecule has 2 rings (SSSR count). The predicted octanol–water partition coefficient (Wildman–Crippen LogP) is 2.11. The van der Waals surface area contributed by atoms with E-state index in [4.69, 9.17) is 20.6 Å². The second-order valence-corrected chi connectivity index (χ2v) is 4.69. The molecule has 2 atom stereocenters. The van der Waals surface area contributed by atoms with Crippen molar-refractivity contribution in [3.63, 3.8) is 0 Å². The Morgan fingerprint density at radius 2 is 2.22 bits per heavy atom. The SMILES string of the molecule is N=C(N)CC(OCC1CCOC1)c1ccccc1. The molecule has 2 unspecified atom stereocenters. The highest BCUT2D eigenvalue weighted by atomic mass is 16.5. The van der Waals surface area contributed by atoms with Gasteiger partial charge in [-0.3, -0.25) is 5.41 Å². The number of hydrogen-bond acceptors (Lipinski definition) is 3. The molecular formula is C14H20N2O2. The average Bonchev–Trinajstić information content (AvgIpc) is 2.88. The summed E-state index contributed by atoms with van der Waals surface area (Å²) in [5.41, 5.74) is 6.57. The summed E-state index contributed by atoms with van der Waals surface area (Å²) >= 11 is 0. The Morgan fingerprint density at radius 1 is 1.44 bits per heavy atom. The van der Waals surface area contributed by atoms with Gasteiger partial charge in [-0.25, -0.2) is 0 Å². The van der Waals surface area contributed by atoms with Crippen LogP contribution in [-0.4, -0.2) is 25.7 Å². The Kier molecular flexibility index (Phi) is 4.73. The molecule has 4 heteroatoms. The molecule has 0 saturated carbocycles. The van der Waals surface area contributed by atoms with Crippen LogP contribution in [0.25, 0.3) is 0 Å². The minimum absolute atomic E-state index is 0.121. The molecule has 18 heavy (non-hydrogen) atoms. The van der Waals surface area contributed by atoms with Gasteiger partial charge in [-0.05, 0) is 12.0 Å². The summed E-state index contributed by atoms with van der Waals surface area (Å²) in [5, 5.41) is 7.43. The predicted molar refractivity (Wildman–Crippen MR) is 70.6 cm³/mol. The van der Waals surface area contributed by atoms with Gasteiger partial charge in [0.1, 0.15) is 0 Å². The average molecular weight is 248 g/mol. The Labute approximate surface area is 108 Å². The lowest BCUT2D eigenvalue weighted by Crippen LogP contribution is -2.19. The zero-order chi connectivity index (χ0) is 12.8. The number of nitrogens with two attached hydrogens (primary N) is 1. The van der Waals surface area contributed by atoms with Crippen molar-refractivity contribution in [1.29, 1.82) is 5.41 Å². The van der Waals surface area contributed by atoms with E-state index in [9.17, 15) is 0 Å². The van der Waals surface area contributed by atoms with Gasteiger partial charge in [-0.15, -0.1) is 0 Å². The second kappa shape index (κ2) is 6.52. The van der Waals surface area contributed by atoms with E-state index in [2.05, 4.69) is 0 Å². The van der Waals surface area contributed by atoms with Crippen LogP contribution in [-0.2, 0) is 9.47 Å². The lowest BCUT2D eigenvalue weighted by Gasteiger charge is -2.19. The molecule has 0 radical (unpaired) electrons. The number of ether oxygens (including phenoxy) is 2. The van der Waals surface area contributed by atoms with E-state index in [1.807, 2.05) is 30.3 Å². The van der Waals surface area contributed by atoms with Gasteiger partial charge < -0.3 is 15.2 Å². The molecule has 1 aliphatic rings. The third-order valence-corrected chi connectivity index (χ3v) is 3.13. The summed E-state index contributed by atoms with van der Waals surface area (Å²) in [6.45, 7) is 2.28. The first-order chi connectivity index (χ1) is 8.75. The van der Waals surface area contributed by atoms with Crippen molar-refractivity contribution in [3.05, 3.63) is 35.9 Å². The summed E-state index contributed by atoms with van der Waals surface area (Å²) in [4.78, 5) is 0. The number of rotatable bonds is 6. The molecule has 0 bridgehead atoms. The van der Waals surface area contributed by atoms with Gasteiger partial charge in [-0.1, -0.05) is 30.3 Å². The first-order valence-electron chi connectivity index (χ1n) is 6.33. The van der Waals surface area contributed by atoms with E-state index in [1.165, 1.54) is 0 Å². The van der Waals surface area contributed by atoms with Gasteiger partial charge in [0.2, 0.25) is 0 Å². The smallest absolute Gasteiger partial charge is 0.0934 e. The monoisotopic (exact) mass is 248 g/mol. The first-order valence-corrected chi connectivity index (χ1v) is 6.33. The van der Waals surface area contributed by atoms with E-state index >= 15 is 0 Å². The molecule has 0 amide bonds. The van der Waals surface area contributed by atoms with Crippen LogP contribution in [0.1, 0.15) is 24.5 Å². The molecule has 1 fully saturated rings. The Balaban J connectivity index is 1.94. The summed E-state index contributed by atoms with van der Waals surface area (Å²) in [6, 6.07) is 9.95. The zero-order valence-corrected chi connectivity index (χ0v) is 10.5. The van der Waals surface area contributed by atoms with Crippen LogP contribution in [0.2, 0.25) is 0 Å². The van der Waals surface area contributed by atoms with E-state index in [0.29, 0.717) is 18.9 Å². The minimum atomic E-state index is -0.121. The summed E-state index contributed by atoms with van der Waals surface area (Å²) in [7, 11) is 0. The molecular weight excluding hydrogens is 228 g/mol. The van der Waals surface area contributed by atoms with Crippen LogP contribution in [0, 0.1) is 11.3 Å². The standard InChI is InChI=1S/C14H20N2O2/c15-14(16)8-13(12-4-2-1-3-5-12)18-10-11-6-7-17-9-11/h1-5,11,13H,6-10H2,(H3,15,16). The van der Waals surface area contributed by atoms with Crippen molar-refractivity contribution in [3.8, 4) is 0 Å². The van der Waals surface area contributed by atoms with Gasteiger partial charge in [0.15, 0.2) is 0 Å². The fourth-order valence-electron chi connectivity index (χ4n) is 2.11. The Bertz CT molecular complexity index is 375. The third kappa shape index (κ3) is 3.82. The summed E-state index contributed by atoms with van der Waals surface area (Å²) in [5.74, 6) is 0.634. The molecule has 1 aromatic carbocycles. The lowest BCUT2D eigenvalue weighted by molar-refractivity contribution is 0.0290. The van der Waals surface area contributed by atoms with Gasteiger partial charge in [0, 0.05) is 18.9 Å². The molecule has 0 aliphatic carbocycles. The van der Waals surface area contributed by atoms with Crippen molar-refractivity contribution in [2.75, 3.05) is 19.8 Å². The quantitative estimate of drug-likeness (QED) is 0.598. The van der Waals surface area contributed by atoms with Crippen LogP contribution >= 0.6 is 0 Å². The molecule has 1 heterocycles. The van der Waals surface area contributed by atoms with Gasteiger partial charge >= 0.3 is 0 Å². The van der Waals surface area contributed by atoms with E-state index in [1.54, 1.807) is 0 Å². The van der Waals surface area contributed by atoms with Crippen molar-refractivity contribution < 1.29 is 9.47 Å². The Morgan fingerprint density at radius 3 is 2.83 bits per heavy atom. The van der Waals surface area contributed by atoms with Crippen LogP contribution in [0.4, 0.5) is 0 Å². The largest absolute Gasteiger partial charge is 0.388 e. The fraction of sp³-hybridized carbons (Fsp3) is 0.500. The van der Waals surface area contributed by atoms with Gasteiger partial charge in [-0.2, -0.15) is 0 Å². The number of nitrogens with one attached hydrogen (secondary N) is 1. The lowest BCUT2D eigenvalue weighted by atomic mass is 10.1. The summed E-state index contributed by atoms with van der Waals surface area (Å²) < 4.78 is 11.3. The van der Waals surface area contributed by atoms with E-state index < -0.39 is 0 Å². The van der Waals surface area contributed by atoms with Gasteiger partial charge in [0.25, 0.3) is 0 Å². The zero-order valence-electron chi connectivity index (χ0n) is 10.5. The normalized spacial score (nSPS) is 20.8. The maximum atomic E-state index is 7.43. The molecule has 1 aliphatic heterocycles. The fourth-order valence-corrected chi connectivity index (χ4v) is 2.11. The van der Waals surface area contributed by atoms with Crippen LogP contribution in [0.5, 0.6) is 0 Å². The van der Waals surface area contributed by atoms with Crippen LogP contribution < -0.4 is 5.73 Å². The second-order valence-electron chi connectivity index (χ2n) is 4.69. The Hall–Kier alpha value is -1.39. The highest BCUT2D eigenvalue weighted by molar-refractivity contribution is 5.77. The molecule has 1 saturated heterocycles. The third-order valence-electron chi connectivity index (χ3n) is 3.13. The maximum Gasteiger partial charge on any atom is 0.0934 e. The van der Waals surface area contributed by atoms with Gasteiger partial charge in [0.05, 0.1) is 25.2 Å². The maximum absolute atomic E-state index is 7.43. The number of amidine groups is 1. The van der Waals surface area contributed by atoms with Crippen molar-refractivity contribution in [2.24, 2.45) is 11.7 Å². The molecule has 3 N–H and O–H groups in total. The highest BCUT2D eigenvalue weighted by Crippen LogP contribution is 2.23. The highest BCUT2D eigenvalue weighted by Gasteiger charge is 2.19. The van der Waals surface area contributed by atoms with Crippen molar-refractivity contribution in [1.82, 2.24) is 0 Å². The summed E-state index contributed by atoms with van der Waals surface area (Å²) in [6.07, 6.45) is 1.38. The topological polar surface area (TPSA) is 68.3 Å². The molecule has 1 aromatic rings.